The van der Waals surface area contributed by atoms with E-state index < -0.39 is 16.6 Å². The summed E-state index contributed by atoms with van der Waals surface area (Å²) >= 11 is 0. The van der Waals surface area contributed by atoms with Crippen molar-refractivity contribution in [1.29, 1.82) is 0 Å². The molecule has 0 amide bonds. The van der Waals surface area contributed by atoms with Crippen LogP contribution in [0.5, 0.6) is 0 Å². The Balaban J connectivity index is -0.000000245. The fourth-order valence-corrected chi connectivity index (χ4v) is 0.270. The molecule has 0 spiro atoms. The van der Waals surface area contributed by atoms with E-state index in [-0.39, 0.29) is 54.5 Å². The smallest absolute Gasteiger partial charge is 0 e. The van der Waals surface area contributed by atoms with Crippen LogP contribution in [0.25, 0.3) is 0 Å². The summed E-state index contributed by atoms with van der Waals surface area (Å²) in [5, 5.41) is 7.49. The third-order valence-electron chi connectivity index (χ3n) is 0.177. The molecular weight excluding hydrogens is 239 g/mol. The average molecular weight is 243 g/mol. The number of carbonyl (C=O) groups is 1. The van der Waals surface area contributed by atoms with Crippen LogP contribution in [-0.2, 0) is 31.4 Å². The van der Waals surface area contributed by atoms with Gasteiger partial charge in [0.05, 0.1) is 0 Å². The topological polar surface area (TPSA) is 101 Å². The van der Waals surface area contributed by atoms with Crippen LogP contribution in [0.4, 0.5) is 4.79 Å². The minimum absolute atomic E-state index is 0. The second-order valence-electron chi connectivity index (χ2n) is 0.777. The maximum absolute atomic E-state index is 9.39. The first-order valence-electron chi connectivity index (χ1n) is 1.31. The monoisotopic (exact) mass is 243 g/mol. The number of hydrogen-bond donors (Lipinski definition) is 2. The average Bonchev–Trinajstić information content (AvgIpc) is 1.21. The third kappa shape index (κ3) is 16.0. The van der Waals surface area contributed by atoms with E-state index in [9.17, 15) is 13.2 Å². The molecule has 0 fully saturated rings. The van der Waals surface area contributed by atoms with E-state index in [1.807, 2.05) is 0 Å². The maximum Gasteiger partial charge on any atom is 0 e. The molecule has 6 nitrogen and oxygen atoms in total. The molecule has 0 saturated carbocycles. The van der Waals surface area contributed by atoms with Crippen LogP contribution in [0.15, 0.2) is 0 Å². The van der Waals surface area contributed by atoms with E-state index in [1.165, 1.54) is 0 Å². The van der Waals surface area contributed by atoms with Gasteiger partial charge in [0, 0.05) is 16.8 Å². The summed E-state index contributed by atoms with van der Waals surface area (Å²) in [7, 11) is -4.82. The number of carboxylic acid groups (broad SMARTS) is 1. The van der Waals surface area contributed by atoms with Gasteiger partial charge >= 0.3 is 54.3 Å². The van der Waals surface area contributed by atoms with Crippen LogP contribution in [0, 0.1) is 0 Å². The Kier molecular flexibility index (Phi) is 11.4. The first kappa shape index (κ1) is 17.1. The van der Waals surface area contributed by atoms with E-state index in [4.69, 9.17) is 9.66 Å². The van der Waals surface area contributed by atoms with Crippen LogP contribution < -0.4 is 0 Å². The molecule has 0 saturated heterocycles. The molecule has 61 valence electrons. The van der Waals surface area contributed by atoms with Crippen molar-refractivity contribution in [3.05, 3.63) is 0 Å². The Labute approximate surface area is 97.1 Å². The zero-order chi connectivity index (χ0) is 6.78. The van der Waals surface area contributed by atoms with Gasteiger partial charge in [0.2, 0.25) is 0 Å². The van der Waals surface area contributed by atoms with Crippen LogP contribution in [0.1, 0.15) is 0 Å². The van der Waals surface area contributed by atoms with Crippen LogP contribution >= 0.6 is 0 Å². The normalized spacial score (nSPS) is 8.50. The van der Waals surface area contributed by atoms with Crippen LogP contribution in [0.3, 0.4) is 0 Å². The standard InChI is InChI=1S/CH2O6S.Ca.Co.2H/c2-1(3)7-8(4,5)6;;;;/h(H,2,3)(H,4,5,6);;;;. The van der Waals surface area contributed by atoms with Crippen molar-refractivity contribution >= 4 is 54.3 Å². The SMILES string of the molecule is O=C(O)OS(=O)(=O)O.[CaH2].[Co]. The number of rotatable bonds is 1. The van der Waals surface area contributed by atoms with Crippen molar-refractivity contribution in [3.8, 4) is 0 Å². The fraction of sp³-hybridized carbons (Fsp3) is 0. The largest absolute Gasteiger partial charge is 0 e. The predicted octanol–water partition coefficient (Wildman–Crippen LogP) is -1.43. The minimum atomic E-state index is -4.82. The molecule has 0 aromatic rings. The molecule has 10 heavy (non-hydrogen) atoms. The first-order valence-corrected chi connectivity index (χ1v) is 2.68. The van der Waals surface area contributed by atoms with Crippen molar-refractivity contribution in [2.24, 2.45) is 0 Å². The molecule has 0 rings (SSSR count). The van der Waals surface area contributed by atoms with E-state index in [1.54, 1.807) is 0 Å². The van der Waals surface area contributed by atoms with E-state index >= 15 is 0 Å². The van der Waals surface area contributed by atoms with Gasteiger partial charge in [0.1, 0.15) is 0 Å². The Morgan fingerprint density at radius 1 is 1.40 bits per heavy atom. The maximum atomic E-state index is 9.39. The van der Waals surface area contributed by atoms with Crippen molar-refractivity contribution in [3.63, 3.8) is 0 Å². The zero-order valence-corrected chi connectivity index (χ0v) is 5.63. The molecule has 1 radical (unpaired) electrons. The molecule has 0 heterocycles. The summed E-state index contributed by atoms with van der Waals surface area (Å²) in [5.74, 6) is 0. The van der Waals surface area contributed by atoms with Gasteiger partial charge in [-0.2, -0.15) is 8.42 Å². The molecule has 0 aromatic carbocycles. The first-order chi connectivity index (χ1) is 3.42. The van der Waals surface area contributed by atoms with E-state index in [0.29, 0.717) is 0 Å². The van der Waals surface area contributed by atoms with Gasteiger partial charge in [-0.05, 0) is 0 Å². The quantitative estimate of drug-likeness (QED) is 0.432. The van der Waals surface area contributed by atoms with Crippen molar-refractivity contribution in [2.75, 3.05) is 0 Å². The Bertz CT molecular complexity index is 184. The Morgan fingerprint density at radius 2 is 1.70 bits per heavy atom. The van der Waals surface area contributed by atoms with Crippen LogP contribution in [0.2, 0.25) is 0 Å². The Hall–Kier alpha value is 0.946. The molecule has 0 aromatic heterocycles. The van der Waals surface area contributed by atoms with Crippen LogP contribution in [-0.4, -0.2) is 62.0 Å². The second-order valence-corrected chi connectivity index (χ2v) is 1.80. The van der Waals surface area contributed by atoms with Crippen molar-refractivity contribution < 1.29 is 43.8 Å². The predicted molar refractivity (Wildman–Crippen MR) is 29.2 cm³/mol. The third-order valence-corrected chi connectivity index (χ3v) is 0.530. The zero-order valence-electron chi connectivity index (χ0n) is 3.77. The summed E-state index contributed by atoms with van der Waals surface area (Å²) in [5.41, 5.74) is 0. The van der Waals surface area contributed by atoms with Gasteiger partial charge in [0.15, 0.2) is 0 Å². The van der Waals surface area contributed by atoms with Gasteiger partial charge in [-0.1, -0.05) is 0 Å². The van der Waals surface area contributed by atoms with E-state index in [2.05, 4.69) is 4.18 Å². The summed E-state index contributed by atoms with van der Waals surface area (Å²) < 4.78 is 29.2. The molecule has 0 aliphatic carbocycles. The number of hydrogen-bond acceptors (Lipinski definition) is 4. The molecule has 0 unspecified atom stereocenters. The van der Waals surface area contributed by atoms with Crippen molar-refractivity contribution in [2.45, 2.75) is 0 Å². The van der Waals surface area contributed by atoms with Gasteiger partial charge in [0.25, 0.3) is 0 Å². The molecule has 0 aliphatic heterocycles. The minimum Gasteiger partial charge on any atom is 0 e. The summed E-state index contributed by atoms with van der Waals surface area (Å²) in [6.45, 7) is 0. The second kappa shape index (κ2) is 6.64. The van der Waals surface area contributed by atoms with Gasteiger partial charge in [-0.15, -0.1) is 0 Å². The molecule has 9 heteroatoms. The summed E-state index contributed by atoms with van der Waals surface area (Å²) in [6.07, 6.45) is -2.06. The van der Waals surface area contributed by atoms with E-state index in [0.717, 1.165) is 0 Å². The summed E-state index contributed by atoms with van der Waals surface area (Å²) in [4.78, 5) is 9.25. The molecule has 0 aliphatic rings. The van der Waals surface area contributed by atoms with Gasteiger partial charge in [-0.25, -0.2) is 4.79 Å². The molecular formula is CH4CaCoO6S. The fourth-order valence-electron chi connectivity index (χ4n) is 0.0901. The molecule has 0 bridgehead atoms. The Morgan fingerprint density at radius 3 is 1.70 bits per heavy atom. The molecule has 2 N–H and O–H groups in total. The summed E-state index contributed by atoms with van der Waals surface area (Å²) in [6, 6.07) is 0. The van der Waals surface area contributed by atoms with Gasteiger partial charge in [-0.3, -0.25) is 8.74 Å². The van der Waals surface area contributed by atoms with Gasteiger partial charge < -0.3 is 5.11 Å². The van der Waals surface area contributed by atoms with Crippen molar-refractivity contribution in [1.82, 2.24) is 0 Å². The molecule has 0 atom stereocenters.